The third-order valence-electron chi connectivity index (χ3n) is 3.70. The lowest BCUT2D eigenvalue weighted by Gasteiger charge is -2.38. The Morgan fingerprint density at radius 1 is 1.31 bits per heavy atom. The first-order chi connectivity index (χ1) is 7.62. The average Bonchev–Trinajstić information content (AvgIpc) is 2.29. The number of nitrogens with zero attached hydrogens (tertiary/aromatic N) is 1. The number of rotatable bonds is 2. The van der Waals surface area contributed by atoms with Crippen LogP contribution in [0.1, 0.15) is 50.7 Å². The van der Waals surface area contributed by atoms with Crippen molar-refractivity contribution < 1.29 is 9.50 Å². The van der Waals surface area contributed by atoms with Crippen LogP contribution in [0.15, 0.2) is 18.5 Å². The summed E-state index contributed by atoms with van der Waals surface area (Å²) in [5.74, 6) is -0.379. The Labute approximate surface area is 95.5 Å². The van der Waals surface area contributed by atoms with Gasteiger partial charge in [-0.25, -0.2) is 4.39 Å². The van der Waals surface area contributed by atoms with Gasteiger partial charge in [0.25, 0.3) is 0 Å². The van der Waals surface area contributed by atoms with Crippen molar-refractivity contribution in [3.8, 4) is 0 Å². The lowest BCUT2D eigenvalue weighted by atomic mass is 9.70. The summed E-state index contributed by atoms with van der Waals surface area (Å²) in [5.41, 5.74) is 0.484. The van der Waals surface area contributed by atoms with Crippen LogP contribution in [0.5, 0.6) is 0 Å². The number of aliphatic hydroxyl groups is 1. The first-order valence-electron chi connectivity index (χ1n) is 5.90. The van der Waals surface area contributed by atoms with Gasteiger partial charge in [0.1, 0.15) is 5.82 Å². The first-order valence-corrected chi connectivity index (χ1v) is 5.90. The highest BCUT2D eigenvalue weighted by atomic mass is 19.1. The van der Waals surface area contributed by atoms with Crippen molar-refractivity contribution in [2.45, 2.75) is 45.1 Å². The minimum Gasteiger partial charge on any atom is -0.388 e. The minimum atomic E-state index is -0.601. The fourth-order valence-electron chi connectivity index (χ4n) is 2.61. The molecule has 1 N–H and O–H groups in total. The quantitative estimate of drug-likeness (QED) is 0.835. The molecule has 0 bridgehead atoms. The van der Waals surface area contributed by atoms with Gasteiger partial charge in [0.2, 0.25) is 0 Å². The highest BCUT2D eigenvalue weighted by Gasteiger charge is 2.35. The van der Waals surface area contributed by atoms with E-state index < -0.39 is 6.10 Å². The van der Waals surface area contributed by atoms with Gasteiger partial charge in [0.15, 0.2) is 0 Å². The summed E-state index contributed by atoms with van der Waals surface area (Å²) in [6.45, 7) is 2.09. The molecule has 0 spiro atoms. The molecule has 3 heteroatoms. The van der Waals surface area contributed by atoms with Crippen molar-refractivity contribution in [1.29, 1.82) is 0 Å². The van der Waals surface area contributed by atoms with Gasteiger partial charge in [0, 0.05) is 11.8 Å². The van der Waals surface area contributed by atoms with Gasteiger partial charge in [-0.1, -0.05) is 26.2 Å². The molecular formula is C13H18FNO. The molecule has 1 aliphatic rings. The molecule has 1 saturated carbocycles. The highest BCUT2D eigenvalue weighted by molar-refractivity contribution is 5.16. The van der Waals surface area contributed by atoms with E-state index in [4.69, 9.17) is 0 Å². The Balaban J connectivity index is 2.20. The number of halogens is 1. The van der Waals surface area contributed by atoms with Crippen molar-refractivity contribution in [1.82, 2.24) is 4.98 Å². The number of aliphatic hydroxyl groups excluding tert-OH is 1. The van der Waals surface area contributed by atoms with E-state index in [0.29, 0.717) is 5.56 Å². The molecule has 0 amide bonds. The molecule has 1 heterocycles. The molecule has 1 aromatic heterocycles. The Kier molecular flexibility index (Phi) is 3.24. The third kappa shape index (κ3) is 2.24. The number of hydrogen-bond donors (Lipinski definition) is 1. The zero-order valence-electron chi connectivity index (χ0n) is 9.62. The Morgan fingerprint density at radius 3 is 2.62 bits per heavy atom. The van der Waals surface area contributed by atoms with E-state index >= 15 is 0 Å². The van der Waals surface area contributed by atoms with Gasteiger partial charge < -0.3 is 5.11 Å². The molecule has 1 atom stereocenters. The van der Waals surface area contributed by atoms with Gasteiger partial charge in [-0.05, 0) is 24.3 Å². The zero-order chi connectivity index (χ0) is 11.6. The lowest BCUT2D eigenvalue weighted by Crippen LogP contribution is -2.28. The molecule has 1 aliphatic carbocycles. The maximum Gasteiger partial charge on any atom is 0.141 e. The smallest absolute Gasteiger partial charge is 0.141 e. The molecule has 1 aromatic rings. The van der Waals surface area contributed by atoms with Crippen LogP contribution in [-0.4, -0.2) is 10.1 Å². The molecular weight excluding hydrogens is 205 g/mol. The lowest BCUT2D eigenvalue weighted by molar-refractivity contribution is 0.00776. The van der Waals surface area contributed by atoms with Crippen molar-refractivity contribution in [3.63, 3.8) is 0 Å². The van der Waals surface area contributed by atoms with Crippen LogP contribution in [0.2, 0.25) is 0 Å². The minimum absolute atomic E-state index is 0.117. The number of aromatic nitrogens is 1. The van der Waals surface area contributed by atoms with Crippen molar-refractivity contribution in [2.75, 3.05) is 0 Å². The summed E-state index contributed by atoms with van der Waals surface area (Å²) in [7, 11) is 0. The van der Waals surface area contributed by atoms with E-state index in [1.807, 2.05) is 0 Å². The molecule has 0 aromatic carbocycles. The third-order valence-corrected chi connectivity index (χ3v) is 3.70. The van der Waals surface area contributed by atoms with E-state index in [1.165, 1.54) is 18.7 Å². The Hall–Kier alpha value is -0.960. The molecule has 88 valence electrons. The summed E-state index contributed by atoms with van der Waals surface area (Å²) in [6, 6.07) is 1.39. The Bertz CT molecular complexity index is 361. The number of pyridine rings is 1. The van der Waals surface area contributed by atoms with Gasteiger partial charge >= 0.3 is 0 Å². The van der Waals surface area contributed by atoms with Crippen molar-refractivity contribution in [2.24, 2.45) is 5.41 Å². The van der Waals surface area contributed by atoms with Crippen LogP contribution < -0.4 is 0 Å². The SMILES string of the molecule is CC1(C(O)c2cncc(F)c2)CCCCC1. The second-order valence-electron chi connectivity index (χ2n) is 5.05. The highest BCUT2D eigenvalue weighted by Crippen LogP contribution is 2.45. The standard InChI is InChI=1S/C13H18FNO/c1-13(5-3-2-4-6-13)12(16)10-7-11(14)9-15-8-10/h7-9,12,16H,2-6H2,1H3. The Morgan fingerprint density at radius 2 is 2.00 bits per heavy atom. The van der Waals surface area contributed by atoms with Crippen LogP contribution in [0.4, 0.5) is 4.39 Å². The molecule has 0 aliphatic heterocycles. The normalized spacial score (nSPS) is 21.7. The molecule has 1 unspecified atom stereocenters. The van der Waals surface area contributed by atoms with E-state index in [1.54, 1.807) is 6.20 Å². The molecule has 1 fully saturated rings. The predicted molar refractivity (Wildman–Crippen MR) is 60.3 cm³/mol. The fraction of sp³-hybridized carbons (Fsp3) is 0.615. The average molecular weight is 223 g/mol. The molecule has 16 heavy (non-hydrogen) atoms. The zero-order valence-corrected chi connectivity index (χ0v) is 9.62. The first kappa shape index (κ1) is 11.5. The maximum absolute atomic E-state index is 13.0. The second kappa shape index (κ2) is 4.50. The summed E-state index contributed by atoms with van der Waals surface area (Å²) >= 11 is 0. The second-order valence-corrected chi connectivity index (χ2v) is 5.05. The van der Waals surface area contributed by atoms with Gasteiger partial charge in [0.05, 0.1) is 12.3 Å². The fourth-order valence-corrected chi connectivity index (χ4v) is 2.61. The van der Waals surface area contributed by atoms with Gasteiger partial charge in [-0.3, -0.25) is 4.98 Å². The largest absolute Gasteiger partial charge is 0.388 e. The predicted octanol–water partition coefficient (Wildman–Crippen LogP) is 3.22. The van der Waals surface area contributed by atoms with E-state index in [0.717, 1.165) is 25.7 Å². The van der Waals surface area contributed by atoms with Crippen LogP contribution in [0.25, 0.3) is 0 Å². The van der Waals surface area contributed by atoms with Crippen molar-refractivity contribution in [3.05, 3.63) is 29.8 Å². The van der Waals surface area contributed by atoms with E-state index in [-0.39, 0.29) is 11.2 Å². The van der Waals surface area contributed by atoms with Crippen LogP contribution in [-0.2, 0) is 0 Å². The summed E-state index contributed by atoms with van der Waals surface area (Å²) in [6.07, 6.45) is 7.68. The summed E-state index contributed by atoms with van der Waals surface area (Å²) in [4.78, 5) is 3.80. The van der Waals surface area contributed by atoms with Crippen molar-refractivity contribution >= 4 is 0 Å². The number of hydrogen-bond acceptors (Lipinski definition) is 2. The molecule has 2 nitrogen and oxygen atoms in total. The van der Waals surface area contributed by atoms with Gasteiger partial charge in [-0.15, -0.1) is 0 Å². The molecule has 2 rings (SSSR count). The van der Waals surface area contributed by atoms with Crippen LogP contribution >= 0.6 is 0 Å². The summed E-state index contributed by atoms with van der Waals surface area (Å²) < 4.78 is 13.0. The van der Waals surface area contributed by atoms with Gasteiger partial charge in [-0.2, -0.15) is 0 Å². The topological polar surface area (TPSA) is 33.1 Å². The monoisotopic (exact) mass is 223 g/mol. The van der Waals surface area contributed by atoms with E-state index in [2.05, 4.69) is 11.9 Å². The summed E-state index contributed by atoms with van der Waals surface area (Å²) in [5, 5.41) is 10.3. The molecule has 0 saturated heterocycles. The molecule has 0 radical (unpaired) electrons. The van der Waals surface area contributed by atoms with Crippen LogP contribution in [0.3, 0.4) is 0 Å². The maximum atomic E-state index is 13.0. The van der Waals surface area contributed by atoms with Crippen LogP contribution in [0, 0.1) is 11.2 Å². The van der Waals surface area contributed by atoms with E-state index in [9.17, 15) is 9.50 Å².